The van der Waals surface area contributed by atoms with Crippen LogP contribution in [0, 0.1) is 0 Å². The molecule has 1 aromatic heterocycles. The van der Waals surface area contributed by atoms with Crippen molar-refractivity contribution in [1.29, 1.82) is 0 Å². The molecular weight excluding hydrogens is 298 g/mol. The number of benzene rings is 1. The molecule has 1 heterocycles. The first-order valence-corrected chi connectivity index (χ1v) is 6.25. The summed E-state index contributed by atoms with van der Waals surface area (Å²) in [6.07, 6.45) is 0. The molecule has 1 aromatic carbocycles. The Hall–Kier alpha value is -0.650. The van der Waals surface area contributed by atoms with Crippen LogP contribution in [0.4, 0.5) is 5.13 Å². The molecule has 0 bridgehead atoms. The van der Waals surface area contributed by atoms with Gasteiger partial charge in [0.15, 0.2) is 0 Å². The molecule has 15 heavy (non-hydrogen) atoms. The van der Waals surface area contributed by atoms with Gasteiger partial charge in [0.1, 0.15) is 5.51 Å². The van der Waals surface area contributed by atoms with Gasteiger partial charge in [-0.3, -0.25) is 0 Å². The Labute approximate surface area is 105 Å². The van der Waals surface area contributed by atoms with Crippen molar-refractivity contribution in [3.05, 3.63) is 38.8 Å². The lowest BCUT2D eigenvalue weighted by atomic mass is 10.2. The third-order valence-electron chi connectivity index (χ3n) is 1.81. The summed E-state index contributed by atoms with van der Waals surface area (Å²) < 4.78 is 0.979. The summed E-state index contributed by atoms with van der Waals surface area (Å²) in [6.45, 7) is 0.654. The largest absolute Gasteiger partial charge is 0.356 e. The van der Waals surface area contributed by atoms with Gasteiger partial charge in [0.05, 0.1) is 0 Å². The Bertz CT molecular complexity index is 447. The lowest BCUT2D eigenvalue weighted by Gasteiger charge is -2.05. The quantitative estimate of drug-likeness (QED) is 0.942. The molecule has 0 amide bonds. The molecule has 1 N–H and O–H groups in total. The highest BCUT2D eigenvalue weighted by Gasteiger charge is 2.01. The number of rotatable bonds is 3. The second-order valence-electron chi connectivity index (χ2n) is 2.83. The lowest BCUT2D eigenvalue weighted by molar-refractivity contribution is 1.05. The summed E-state index contributed by atoms with van der Waals surface area (Å²) in [5.74, 6) is 0. The van der Waals surface area contributed by atoms with Crippen LogP contribution in [0.3, 0.4) is 0 Å². The Kier molecular flexibility index (Phi) is 3.56. The molecule has 0 spiro atoms. The maximum absolute atomic E-state index is 6.07. The fourth-order valence-corrected chi connectivity index (χ4v) is 2.27. The molecule has 78 valence electrons. The minimum Gasteiger partial charge on any atom is -0.356 e. The topological polar surface area (TPSA) is 37.8 Å². The van der Waals surface area contributed by atoms with E-state index in [0.717, 1.165) is 20.2 Å². The van der Waals surface area contributed by atoms with E-state index in [-0.39, 0.29) is 0 Å². The maximum Gasteiger partial charge on any atom is 0.205 e. The Morgan fingerprint density at radius 2 is 2.33 bits per heavy atom. The molecule has 6 heteroatoms. The second kappa shape index (κ2) is 4.92. The molecule has 0 saturated carbocycles. The monoisotopic (exact) mass is 303 g/mol. The van der Waals surface area contributed by atoms with Crippen molar-refractivity contribution in [3.63, 3.8) is 0 Å². The molecule has 0 aliphatic carbocycles. The molecule has 0 aliphatic heterocycles. The zero-order chi connectivity index (χ0) is 10.7. The molecular formula is C9H7BrClN3S. The lowest BCUT2D eigenvalue weighted by Crippen LogP contribution is -1.99. The first kappa shape index (κ1) is 10.9. The number of hydrogen-bond acceptors (Lipinski definition) is 4. The summed E-state index contributed by atoms with van der Waals surface area (Å²) in [4.78, 5) is 0. The summed E-state index contributed by atoms with van der Waals surface area (Å²) >= 11 is 10.9. The van der Waals surface area contributed by atoms with Gasteiger partial charge in [0, 0.05) is 16.0 Å². The van der Waals surface area contributed by atoms with Gasteiger partial charge in [0.2, 0.25) is 5.13 Å². The van der Waals surface area contributed by atoms with Crippen LogP contribution >= 0.6 is 38.9 Å². The van der Waals surface area contributed by atoms with E-state index in [4.69, 9.17) is 11.6 Å². The van der Waals surface area contributed by atoms with Gasteiger partial charge in [-0.05, 0) is 17.7 Å². The van der Waals surface area contributed by atoms with Crippen LogP contribution < -0.4 is 5.32 Å². The first-order valence-electron chi connectivity index (χ1n) is 4.19. The summed E-state index contributed by atoms with van der Waals surface area (Å²) in [7, 11) is 0. The zero-order valence-electron chi connectivity index (χ0n) is 7.58. The third-order valence-corrected chi connectivity index (χ3v) is 3.30. The summed E-state index contributed by atoms with van der Waals surface area (Å²) in [6, 6.07) is 5.81. The Balaban J connectivity index is 2.05. The third kappa shape index (κ3) is 2.90. The molecule has 0 saturated heterocycles. The Morgan fingerprint density at radius 1 is 1.47 bits per heavy atom. The average Bonchev–Trinajstić information content (AvgIpc) is 2.69. The predicted molar refractivity (Wildman–Crippen MR) is 66.4 cm³/mol. The molecule has 0 atom stereocenters. The van der Waals surface area contributed by atoms with Gasteiger partial charge in [-0.25, -0.2) is 0 Å². The number of nitrogens with one attached hydrogen (secondary N) is 1. The van der Waals surface area contributed by atoms with Crippen LogP contribution in [-0.4, -0.2) is 10.2 Å². The van der Waals surface area contributed by atoms with E-state index in [9.17, 15) is 0 Å². The van der Waals surface area contributed by atoms with Gasteiger partial charge in [-0.15, -0.1) is 10.2 Å². The smallest absolute Gasteiger partial charge is 0.205 e. The highest BCUT2D eigenvalue weighted by molar-refractivity contribution is 9.10. The van der Waals surface area contributed by atoms with Gasteiger partial charge >= 0.3 is 0 Å². The van der Waals surface area contributed by atoms with E-state index in [1.807, 2.05) is 18.2 Å². The molecule has 0 fully saturated rings. The highest BCUT2D eigenvalue weighted by Crippen LogP contribution is 2.22. The van der Waals surface area contributed by atoms with Gasteiger partial charge in [0.25, 0.3) is 0 Å². The van der Waals surface area contributed by atoms with Crippen molar-refractivity contribution in [2.24, 2.45) is 0 Å². The van der Waals surface area contributed by atoms with E-state index in [2.05, 4.69) is 31.4 Å². The van der Waals surface area contributed by atoms with Crippen molar-refractivity contribution in [2.75, 3.05) is 5.32 Å². The standard InChI is InChI=1S/C9H7BrClN3S/c10-7-2-1-6(8(11)3-7)4-12-9-14-13-5-15-9/h1-3,5H,4H2,(H,12,14). The van der Waals surface area contributed by atoms with E-state index in [1.165, 1.54) is 11.3 Å². The van der Waals surface area contributed by atoms with Crippen molar-refractivity contribution >= 4 is 44.0 Å². The fourth-order valence-electron chi connectivity index (χ4n) is 1.09. The number of nitrogens with zero attached hydrogens (tertiary/aromatic N) is 2. The van der Waals surface area contributed by atoms with Crippen LogP contribution in [0.2, 0.25) is 5.02 Å². The van der Waals surface area contributed by atoms with Crippen molar-refractivity contribution in [3.8, 4) is 0 Å². The van der Waals surface area contributed by atoms with Crippen LogP contribution in [0.15, 0.2) is 28.2 Å². The van der Waals surface area contributed by atoms with Crippen molar-refractivity contribution < 1.29 is 0 Å². The van der Waals surface area contributed by atoms with Crippen LogP contribution in [0.1, 0.15) is 5.56 Å². The number of anilines is 1. The Morgan fingerprint density at radius 3 is 3.00 bits per heavy atom. The molecule has 0 radical (unpaired) electrons. The van der Waals surface area contributed by atoms with E-state index >= 15 is 0 Å². The molecule has 0 unspecified atom stereocenters. The van der Waals surface area contributed by atoms with E-state index in [1.54, 1.807) is 5.51 Å². The number of hydrogen-bond donors (Lipinski definition) is 1. The number of halogens is 2. The SMILES string of the molecule is Clc1cc(Br)ccc1CNc1nncs1. The van der Waals surface area contributed by atoms with Crippen molar-refractivity contribution in [2.45, 2.75) is 6.54 Å². The minimum absolute atomic E-state index is 0.654. The van der Waals surface area contributed by atoms with Crippen LogP contribution in [0.5, 0.6) is 0 Å². The average molecular weight is 305 g/mol. The van der Waals surface area contributed by atoms with Gasteiger partial charge in [-0.2, -0.15) is 0 Å². The highest BCUT2D eigenvalue weighted by atomic mass is 79.9. The van der Waals surface area contributed by atoms with Gasteiger partial charge in [-0.1, -0.05) is 44.9 Å². The fraction of sp³-hybridized carbons (Fsp3) is 0.111. The first-order chi connectivity index (χ1) is 7.25. The molecule has 2 rings (SSSR count). The maximum atomic E-state index is 6.07. The van der Waals surface area contributed by atoms with Crippen LogP contribution in [0.25, 0.3) is 0 Å². The van der Waals surface area contributed by atoms with E-state index in [0.29, 0.717) is 6.54 Å². The summed E-state index contributed by atoms with van der Waals surface area (Å²) in [5, 5.41) is 12.3. The minimum atomic E-state index is 0.654. The zero-order valence-corrected chi connectivity index (χ0v) is 10.7. The van der Waals surface area contributed by atoms with E-state index < -0.39 is 0 Å². The normalized spacial score (nSPS) is 10.3. The number of aromatic nitrogens is 2. The molecule has 0 aliphatic rings. The van der Waals surface area contributed by atoms with Crippen LogP contribution in [-0.2, 0) is 6.54 Å². The molecule has 2 aromatic rings. The molecule has 3 nitrogen and oxygen atoms in total. The van der Waals surface area contributed by atoms with Gasteiger partial charge < -0.3 is 5.32 Å². The second-order valence-corrected chi connectivity index (χ2v) is 4.99. The predicted octanol–water partition coefficient (Wildman–Crippen LogP) is 3.57. The van der Waals surface area contributed by atoms with Crippen molar-refractivity contribution in [1.82, 2.24) is 10.2 Å². The summed E-state index contributed by atoms with van der Waals surface area (Å²) in [5.41, 5.74) is 2.72.